The summed E-state index contributed by atoms with van der Waals surface area (Å²) in [6.45, 7) is 3.81. The van der Waals surface area contributed by atoms with Gasteiger partial charge in [-0.1, -0.05) is 42.1 Å². The minimum absolute atomic E-state index is 0.141. The van der Waals surface area contributed by atoms with Crippen LogP contribution in [0.25, 0.3) is 11.0 Å². The van der Waals surface area contributed by atoms with Crippen molar-refractivity contribution in [1.29, 1.82) is 0 Å². The number of amides is 1. The number of hydrogen-bond donors (Lipinski definition) is 0. The molecule has 0 N–H and O–H groups in total. The molecule has 0 aliphatic carbocycles. The normalized spacial score (nSPS) is 13.9. The molecule has 174 valence electrons. The summed E-state index contributed by atoms with van der Waals surface area (Å²) in [5.74, 6) is 0.777. The van der Waals surface area contributed by atoms with E-state index in [1.54, 1.807) is 23.4 Å². The summed E-state index contributed by atoms with van der Waals surface area (Å²) in [6, 6.07) is 17.9. The van der Waals surface area contributed by atoms with Crippen LogP contribution in [0.5, 0.6) is 0 Å². The van der Waals surface area contributed by atoms with Crippen LogP contribution < -0.4 is 4.90 Å². The highest BCUT2D eigenvalue weighted by Gasteiger charge is 2.24. The lowest BCUT2D eigenvalue weighted by molar-refractivity contribution is 0.0754. The van der Waals surface area contributed by atoms with Gasteiger partial charge in [-0.2, -0.15) is 0 Å². The molecule has 0 radical (unpaired) electrons. The quantitative estimate of drug-likeness (QED) is 0.286. The van der Waals surface area contributed by atoms with E-state index in [9.17, 15) is 4.79 Å². The molecule has 0 unspecified atom stereocenters. The second-order valence-corrected chi connectivity index (χ2v) is 9.10. The van der Waals surface area contributed by atoms with Gasteiger partial charge in [0.25, 0.3) is 5.91 Å². The number of furan rings is 1. The van der Waals surface area contributed by atoms with Crippen molar-refractivity contribution < 1.29 is 13.9 Å². The number of ether oxygens (including phenoxy) is 1. The van der Waals surface area contributed by atoms with Crippen LogP contribution in [0.3, 0.4) is 0 Å². The zero-order valence-corrected chi connectivity index (χ0v) is 19.8. The van der Waals surface area contributed by atoms with Gasteiger partial charge in [0.1, 0.15) is 5.58 Å². The number of morpholine rings is 1. The smallest absolute Gasteiger partial charge is 0.289 e. The fourth-order valence-electron chi connectivity index (χ4n) is 4.06. The monoisotopic (exact) mass is 474 g/mol. The Balaban J connectivity index is 1.33. The van der Waals surface area contributed by atoms with Crippen molar-refractivity contribution in [2.75, 3.05) is 38.3 Å². The van der Waals surface area contributed by atoms with Gasteiger partial charge in [-0.25, -0.2) is 9.97 Å². The van der Waals surface area contributed by atoms with E-state index in [1.165, 1.54) is 17.4 Å². The third-order valence-corrected chi connectivity index (χ3v) is 6.76. The number of benzene rings is 2. The topological polar surface area (TPSA) is 71.7 Å². The maximum Gasteiger partial charge on any atom is 0.289 e. The van der Waals surface area contributed by atoms with Gasteiger partial charge in [0.2, 0.25) is 0 Å². The molecule has 0 saturated carbocycles. The van der Waals surface area contributed by atoms with Crippen LogP contribution in [0.15, 0.2) is 76.6 Å². The van der Waals surface area contributed by atoms with E-state index in [0.29, 0.717) is 28.8 Å². The summed E-state index contributed by atoms with van der Waals surface area (Å²) in [5, 5.41) is 1.61. The molecule has 0 spiro atoms. The fourth-order valence-corrected chi connectivity index (χ4v) is 4.90. The van der Waals surface area contributed by atoms with Crippen molar-refractivity contribution >= 4 is 34.3 Å². The Morgan fingerprint density at radius 2 is 1.76 bits per heavy atom. The molecular formula is C26H26N4O3S. The number of carbonyl (C=O) groups excluding carboxylic acids is 1. The van der Waals surface area contributed by atoms with E-state index >= 15 is 0 Å². The highest BCUT2D eigenvalue weighted by atomic mass is 32.2. The molecule has 0 bridgehead atoms. The van der Waals surface area contributed by atoms with Crippen molar-refractivity contribution in [2.24, 2.45) is 0 Å². The van der Waals surface area contributed by atoms with E-state index < -0.39 is 0 Å². The largest absolute Gasteiger partial charge is 0.451 e. The summed E-state index contributed by atoms with van der Waals surface area (Å²) < 4.78 is 11.5. The number of anilines is 1. The van der Waals surface area contributed by atoms with E-state index in [-0.39, 0.29) is 5.91 Å². The van der Waals surface area contributed by atoms with E-state index in [2.05, 4.69) is 39.1 Å². The number of aromatic nitrogens is 2. The fraction of sp³-hybridized carbons (Fsp3) is 0.269. The molecule has 34 heavy (non-hydrogen) atoms. The third-order valence-electron chi connectivity index (χ3n) is 5.86. The minimum Gasteiger partial charge on any atom is -0.451 e. The Kier molecular flexibility index (Phi) is 6.78. The molecule has 4 aromatic rings. The summed E-state index contributed by atoms with van der Waals surface area (Å²) in [4.78, 5) is 26.0. The molecular weight excluding hydrogens is 448 g/mol. The van der Waals surface area contributed by atoms with Gasteiger partial charge < -0.3 is 19.0 Å². The van der Waals surface area contributed by atoms with Crippen LogP contribution in [0.2, 0.25) is 0 Å². The van der Waals surface area contributed by atoms with E-state index in [4.69, 9.17) is 9.15 Å². The minimum atomic E-state index is -0.141. The van der Waals surface area contributed by atoms with E-state index in [1.807, 2.05) is 31.3 Å². The maximum absolute atomic E-state index is 13.4. The Labute approximate surface area is 202 Å². The zero-order valence-electron chi connectivity index (χ0n) is 19.0. The van der Waals surface area contributed by atoms with Gasteiger partial charge in [-0.3, -0.25) is 4.79 Å². The molecule has 1 aliphatic rings. The molecule has 5 rings (SSSR count). The summed E-state index contributed by atoms with van der Waals surface area (Å²) >= 11 is 1.49. The Morgan fingerprint density at radius 3 is 2.53 bits per heavy atom. The molecule has 8 heteroatoms. The highest BCUT2D eigenvalue weighted by molar-refractivity contribution is 7.98. The molecule has 0 atom stereocenters. The van der Waals surface area contributed by atoms with Gasteiger partial charge in [0, 0.05) is 61.5 Å². The van der Waals surface area contributed by atoms with Crippen molar-refractivity contribution in [3.63, 3.8) is 0 Å². The van der Waals surface area contributed by atoms with Gasteiger partial charge in [-0.05, 0) is 29.8 Å². The summed E-state index contributed by atoms with van der Waals surface area (Å²) in [5.41, 5.74) is 3.82. The van der Waals surface area contributed by atoms with Gasteiger partial charge >= 0.3 is 0 Å². The predicted octanol–water partition coefficient (Wildman–Crippen LogP) is 4.62. The van der Waals surface area contributed by atoms with Crippen molar-refractivity contribution in [3.05, 3.63) is 83.9 Å². The predicted molar refractivity (Wildman–Crippen MR) is 133 cm³/mol. The number of thioether (sulfide) groups is 1. The lowest BCUT2D eigenvalue weighted by Gasteiger charge is -2.29. The number of nitrogens with zero attached hydrogens (tertiary/aromatic N) is 4. The average molecular weight is 475 g/mol. The second kappa shape index (κ2) is 10.3. The number of carbonyl (C=O) groups is 1. The number of rotatable bonds is 7. The van der Waals surface area contributed by atoms with Gasteiger partial charge in [0.15, 0.2) is 10.9 Å². The summed E-state index contributed by atoms with van der Waals surface area (Å²) in [7, 11) is 1.81. The average Bonchev–Trinajstić information content (AvgIpc) is 3.27. The molecule has 7 nitrogen and oxygen atoms in total. The first-order valence-electron chi connectivity index (χ1n) is 11.3. The zero-order chi connectivity index (χ0) is 23.3. The SMILES string of the molecule is CN(Cc1ccc(N2CCOCC2)cc1)C(=O)c1oc2ccccc2c1CSc1ncccn1. The van der Waals surface area contributed by atoms with Gasteiger partial charge in [0.05, 0.1) is 13.2 Å². The molecule has 1 aliphatic heterocycles. The first-order chi connectivity index (χ1) is 16.7. The van der Waals surface area contributed by atoms with Crippen molar-refractivity contribution in [1.82, 2.24) is 14.9 Å². The Morgan fingerprint density at radius 1 is 1.03 bits per heavy atom. The van der Waals surface area contributed by atoms with Crippen LogP contribution in [0.1, 0.15) is 21.7 Å². The standard InChI is InChI=1S/C26H26N4O3S/c1-29(17-19-7-9-20(10-8-19)30-13-15-32-16-14-30)25(31)24-22(18-34-26-27-11-4-12-28-26)21-5-2-3-6-23(21)33-24/h2-12H,13-18H2,1H3. The van der Waals surface area contributed by atoms with Crippen LogP contribution in [0, 0.1) is 0 Å². The number of fused-ring (bicyclic) bond motifs is 1. The lowest BCUT2D eigenvalue weighted by Crippen LogP contribution is -2.36. The second-order valence-electron chi connectivity index (χ2n) is 8.15. The molecule has 1 fully saturated rings. The Bertz CT molecular complexity index is 1250. The first kappa shape index (κ1) is 22.4. The molecule has 1 amide bonds. The van der Waals surface area contributed by atoms with Crippen LogP contribution in [0.4, 0.5) is 5.69 Å². The third kappa shape index (κ3) is 4.93. The number of para-hydroxylation sites is 1. The molecule has 2 aromatic carbocycles. The van der Waals surface area contributed by atoms with E-state index in [0.717, 1.165) is 42.8 Å². The van der Waals surface area contributed by atoms with Gasteiger partial charge in [-0.15, -0.1) is 0 Å². The molecule has 2 aromatic heterocycles. The summed E-state index contributed by atoms with van der Waals surface area (Å²) in [6.07, 6.45) is 3.43. The first-order valence-corrected chi connectivity index (χ1v) is 12.2. The molecule has 1 saturated heterocycles. The molecule has 3 heterocycles. The van der Waals surface area contributed by atoms with Crippen LogP contribution >= 0.6 is 11.8 Å². The maximum atomic E-state index is 13.4. The number of hydrogen-bond acceptors (Lipinski definition) is 7. The highest BCUT2D eigenvalue weighted by Crippen LogP contribution is 2.32. The van der Waals surface area contributed by atoms with Crippen molar-refractivity contribution in [2.45, 2.75) is 17.5 Å². The lowest BCUT2D eigenvalue weighted by atomic mass is 10.1. The van der Waals surface area contributed by atoms with Crippen LogP contribution in [-0.2, 0) is 17.0 Å². The van der Waals surface area contributed by atoms with Crippen LogP contribution in [-0.4, -0.2) is 54.1 Å². The Hall–Kier alpha value is -3.36. The van der Waals surface area contributed by atoms with Crippen molar-refractivity contribution in [3.8, 4) is 0 Å².